The number of benzene rings is 5. The summed E-state index contributed by atoms with van der Waals surface area (Å²) in [7, 11) is 0. The minimum atomic E-state index is -0.409. The summed E-state index contributed by atoms with van der Waals surface area (Å²) in [6, 6.07) is 38.1. The average Bonchev–Trinajstić information content (AvgIpc) is 3.42. The van der Waals surface area contributed by atoms with Gasteiger partial charge in [-0.1, -0.05) is 85.3 Å². The molecule has 1 aliphatic rings. The molecule has 0 saturated heterocycles. The van der Waals surface area contributed by atoms with Crippen LogP contribution in [0.3, 0.4) is 0 Å². The summed E-state index contributed by atoms with van der Waals surface area (Å²) < 4.78 is 0. The van der Waals surface area contributed by atoms with E-state index in [4.69, 9.17) is 11.6 Å². The van der Waals surface area contributed by atoms with Gasteiger partial charge in [-0.3, -0.25) is 9.59 Å². The molecule has 5 N–H and O–H groups in total. The molecule has 234 valence electrons. The molecule has 1 heterocycles. The van der Waals surface area contributed by atoms with E-state index in [-0.39, 0.29) is 17.9 Å². The van der Waals surface area contributed by atoms with Crippen LogP contribution in [-0.2, 0) is 4.79 Å². The fourth-order valence-electron chi connectivity index (χ4n) is 5.43. The predicted octanol–water partition coefficient (Wildman–Crippen LogP) is 8.80. The normalized spacial score (nSPS) is 13.5. The first-order valence-electron chi connectivity index (χ1n) is 15.2. The number of hydrogen-bond donors (Lipinski definition) is 5. The monoisotopic (exact) mass is 641 g/mol. The van der Waals surface area contributed by atoms with E-state index in [1.807, 2.05) is 79.7 Å². The summed E-state index contributed by atoms with van der Waals surface area (Å²) in [5.74, 6) is -0.505. The highest BCUT2D eigenvalue weighted by Gasteiger charge is 2.30. The lowest BCUT2D eigenvalue weighted by atomic mass is 9.98. The Morgan fingerprint density at radius 3 is 2.04 bits per heavy atom. The Balaban J connectivity index is 1.27. The zero-order valence-corrected chi connectivity index (χ0v) is 26.3. The Morgan fingerprint density at radius 1 is 0.702 bits per heavy atom. The molecular formula is C38H32ClN5O3. The number of hydrogen-bond acceptors (Lipinski definition) is 4. The van der Waals surface area contributed by atoms with Crippen molar-refractivity contribution in [3.63, 3.8) is 0 Å². The largest absolute Gasteiger partial charge is 0.354 e. The fourth-order valence-corrected chi connectivity index (χ4v) is 5.62. The molecule has 5 aromatic carbocycles. The Kier molecular flexibility index (Phi) is 9.31. The molecule has 5 aromatic rings. The van der Waals surface area contributed by atoms with Crippen molar-refractivity contribution in [3.8, 4) is 0 Å². The maximum atomic E-state index is 13.5. The molecule has 4 amide bonds. The third kappa shape index (κ3) is 7.35. The number of urea groups is 1. The number of carbonyl (C=O) groups excluding carboxylic acids is 3. The summed E-state index contributed by atoms with van der Waals surface area (Å²) >= 11 is 6.02. The van der Waals surface area contributed by atoms with E-state index in [1.165, 1.54) is 0 Å². The third-order valence-electron chi connectivity index (χ3n) is 7.75. The lowest BCUT2D eigenvalue weighted by molar-refractivity contribution is -0.110. The second-order valence-electron chi connectivity index (χ2n) is 11.0. The van der Waals surface area contributed by atoms with Crippen LogP contribution >= 0.6 is 11.6 Å². The van der Waals surface area contributed by atoms with E-state index in [0.717, 1.165) is 17.5 Å². The van der Waals surface area contributed by atoms with Crippen molar-refractivity contribution in [2.45, 2.75) is 19.4 Å². The molecule has 0 spiro atoms. The first kappa shape index (κ1) is 31.1. The topological polar surface area (TPSA) is 111 Å². The van der Waals surface area contributed by atoms with Gasteiger partial charge < -0.3 is 26.6 Å². The third-order valence-corrected chi connectivity index (χ3v) is 7.98. The molecule has 0 saturated carbocycles. The second kappa shape index (κ2) is 14.1. The minimum absolute atomic E-state index is 0.145. The van der Waals surface area contributed by atoms with E-state index >= 15 is 0 Å². The number of amides is 4. The molecule has 8 nitrogen and oxygen atoms in total. The van der Waals surface area contributed by atoms with Gasteiger partial charge in [-0.2, -0.15) is 0 Å². The van der Waals surface area contributed by atoms with Gasteiger partial charge in [0.2, 0.25) is 0 Å². The number of anilines is 4. The van der Waals surface area contributed by atoms with Crippen LogP contribution in [-0.4, -0.2) is 17.8 Å². The van der Waals surface area contributed by atoms with Crippen LogP contribution in [0.5, 0.6) is 0 Å². The quantitative estimate of drug-likeness (QED) is 0.104. The van der Waals surface area contributed by atoms with Crippen LogP contribution in [0.2, 0.25) is 5.02 Å². The first-order valence-corrected chi connectivity index (χ1v) is 15.6. The lowest BCUT2D eigenvalue weighted by Crippen LogP contribution is -2.28. The van der Waals surface area contributed by atoms with Gasteiger partial charge in [0.25, 0.3) is 11.8 Å². The molecule has 1 unspecified atom stereocenters. The van der Waals surface area contributed by atoms with Crippen molar-refractivity contribution in [1.82, 2.24) is 5.32 Å². The molecule has 1 atom stereocenters. The number of nitrogens with one attached hydrogen (secondary N) is 5. The molecule has 6 rings (SSSR count). The Morgan fingerprint density at radius 2 is 1.36 bits per heavy atom. The number of rotatable bonds is 9. The van der Waals surface area contributed by atoms with Crippen LogP contribution in [0, 0.1) is 0 Å². The Hall–Kier alpha value is -5.86. The number of carbonyl (C=O) groups is 3. The van der Waals surface area contributed by atoms with Gasteiger partial charge in [-0.25, -0.2) is 4.79 Å². The Bertz CT molecular complexity index is 1960. The molecule has 0 bridgehead atoms. The Labute approximate surface area is 277 Å². The maximum Gasteiger partial charge on any atom is 0.323 e. The molecule has 0 radical (unpaired) electrons. The fraction of sp³-hybridized carbons (Fsp3) is 0.0789. The van der Waals surface area contributed by atoms with E-state index in [0.29, 0.717) is 50.2 Å². The summed E-state index contributed by atoms with van der Waals surface area (Å²) in [6.45, 7) is 2.03. The van der Waals surface area contributed by atoms with Crippen molar-refractivity contribution in [1.29, 1.82) is 0 Å². The zero-order chi connectivity index (χ0) is 32.8. The van der Waals surface area contributed by atoms with Crippen molar-refractivity contribution in [2.75, 3.05) is 21.3 Å². The number of halogens is 1. The van der Waals surface area contributed by atoms with Crippen molar-refractivity contribution in [2.24, 2.45) is 0 Å². The van der Waals surface area contributed by atoms with E-state index < -0.39 is 6.03 Å². The maximum absolute atomic E-state index is 13.5. The van der Waals surface area contributed by atoms with Crippen molar-refractivity contribution >= 4 is 63.5 Å². The zero-order valence-electron chi connectivity index (χ0n) is 25.5. The molecule has 1 aliphatic heterocycles. The molecule has 0 aromatic heterocycles. The van der Waals surface area contributed by atoms with Gasteiger partial charge in [-0.15, -0.1) is 0 Å². The molecule has 47 heavy (non-hydrogen) atoms. The second-order valence-corrected chi connectivity index (χ2v) is 11.4. The summed E-state index contributed by atoms with van der Waals surface area (Å²) in [4.78, 5) is 39.5. The number of fused-ring (bicyclic) bond motifs is 1. The summed E-state index contributed by atoms with van der Waals surface area (Å²) in [6.07, 6.45) is 0.731. The highest BCUT2D eigenvalue weighted by molar-refractivity contribution is 6.37. The standard InChI is InChI=1S/C38H32ClN5O3/c1-2-32(24-10-5-3-6-11-24)43-36(45)26-16-21-33-31(22-26)34(37(46)44-33)35(25-12-7-4-8-13-25)40-28-17-19-29(20-18-28)41-38(47)42-30-15-9-14-27(39)23-30/h3-23,32,40H,2H2,1H3,(H,43,45)(H,44,46)(H2,41,42,47)/b35-34-. The highest BCUT2D eigenvalue weighted by Crippen LogP contribution is 2.38. The van der Waals surface area contributed by atoms with Crippen molar-refractivity contribution < 1.29 is 14.4 Å². The summed E-state index contributed by atoms with van der Waals surface area (Å²) in [5, 5.41) is 15.6. The van der Waals surface area contributed by atoms with Crippen LogP contribution in [0.15, 0.2) is 127 Å². The molecular weight excluding hydrogens is 610 g/mol. The van der Waals surface area contributed by atoms with Crippen LogP contribution < -0.4 is 26.6 Å². The minimum Gasteiger partial charge on any atom is -0.354 e. The first-order chi connectivity index (χ1) is 22.9. The van der Waals surface area contributed by atoms with Crippen molar-refractivity contribution in [3.05, 3.63) is 155 Å². The van der Waals surface area contributed by atoms with Crippen LogP contribution in [0.25, 0.3) is 11.3 Å². The lowest BCUT2D eigenvalue weighted by Gasteiger charge is -2.18. The van der Waals surface area contributed by atoms with Gasteiger partial charge in [0.1, 0.15) is 0 Å². The van der Waals surface area contributed by atoms with Crippen LogP contribution in [0.1, 0.15) is 46.4 Å². The SMILES string of the molecule is CCC(NC(=O)c1ccc2c(c1)/C(=C(/Nc1ccc(NC(=O)Nc3cccc(Cl)c3)cc1)c1ccccc1)C(=O)N2)c1ccccc1. The van der Waals surface area contributed by atoms with Gasteiger partial charge in [0, 0.05) is 38.9 Å². The van der Waals surface area contributed by atoms with Gasteiger partial charge in [0.15, 0.2) is 0 Å². The molecule has 9 heteroatoms. The average molecular weight is 642 g/mol. The smallest absolute Gasteiger partial charge is 0.323 e. The van der Waals surface area contributed by atoms with E-state index in [2.05, 4.69) is 26.6 Å². The van der Waals surface area contributed by atoms with Gasteiger partial charge in [0.05, 0.1) is 17.3 Å². The van der Waals surface area contributed by atoms with Crippen LogP contribution in [0.4, 0.5) is 27.5 Å². The molecule has 0 aliphatic carbocycles. The highest BCUT2D eigenvalue weighted by atomic mass is 35.5. The molecule has 0 fully saturated rings. The van der Waals surface area contributed by atoms with E-state index in [9.17, 15) is 14.4 Å². The van der Waals surface area contributed by atoms with E-state index in [1.54, 1.807) is 54.6 Å². The predicted molar refractivity (Wildman–Crippen MR) is 189 cm³/mol. The summed E-state index contributed by atoms with van der Waals surface area (Å²) in [5.41, 5.74) is 6.35. The van der Waals surface area contributed by atoms with Gasteiger partial charge >= 0.3 is 6.03 Å². The van der Waals surface area contributed by atoms with Gasteiger partial charge in [-0.05, 0) is 78.2 Å².